The number of nitrogens with one attached hydrogen (secondary N) is 2. The van der Waals surface area contributed by atoms with Crippen LogP contribution in [0.4, 0.5) is 14.3 Å². The maximum atomic E-state index is 13.6. The van der Waals surface area contributed by atoms with Gasteiger partial charge in [-0.15, -0.1) is 0 Å². The molecule has 0 radical (unpaired) electrons. The summed E-state index contributed by atoms with van der Waals surface area (Å²) in [5, 5.41) is 14.9. The van der Waals surface area contributed by atoms with E-state index in [4.69, 9.17) is 5.11 Å². The third-order valence-corrected chi connectivity index (χ3v) is 5.53. The average molecular weight is 380 g/mol. The number of likely N-dealkylation sites (N-methyl/N-ethyl adjacent to an activating group) is 1. The quantitative estimate of drug-likeness (QED) is 0.716. The van der Waals surface area contributed by atoms with Crippen molar-refractivity contribution in [3.63, 3.8) is 0 Å². The summed E-state index contributed by atoms with van der Waals surface area (Å²) >= 11 is 1.29. The van der Waals surface area contributed by atoms with Crippen LogP contribution in [0.1, 0.15) is 25.3 Å². The largest absolute Gasteiger partial charge is 0.480 e. The van der Waals surface area contributed by atoms with Gasteiger partial charge in [-0.25, -0.2) is 14.2 Å². The number of nitrogens with zero attached hydrogens (tertiary/aromatic N) is 2. The minimum absolute atomic E-state index is 0.0110. The Hall–Kier alpha value is -2.26. The van der Waals surface area contributed by atoms with Gasteiger partial charge in [0.2, 0.25) is 0 Å². The van der Waals surface area contributed by atoms with E-state index < -0.39 is 5.97 Å². The van der Waals surface area contributed by atoms with Crippen LogP contribution in [-0.2, 0) is 4.79 Å². The van der Waals surface area contributed by atoms with E-state index in [1.54, 1.807) is 13.0 Å². The van der Waals surface area contributed by atoms with Crippen LogP contribution in [0.5, 0.6) is 0 Å². The number of halogens is 1. The van der Waals surface area contributed by atoms with Gasteiger partial charge in [0.15, 0.2) is 5.13 Å². The molecule has 1 saturated carbocycles. The Labute approximate surface area is 154 Å². The van der Waals surface area contributed by atoms with Crippen LogP contribution >= 0.6 is 11.3 Å². The number of fused-ring (bicyclic) bond motifs is 1. The zero-order valence-electron chi connectivity index (χ0n) is 14.6. The monoisotopic (exact) mass is 380 g/mol. The SMILES string of the molecule is CCN(CC(=O)O)C1CC(NC(=O)Nc2nc3cc(F)c(C)cc3s2)C1. The molecular weight excluding hydrogens is 359 g/mol. The zero-order valence-corrected chi connectivity index (χ0v) is 15.4. The molecule has 0 unspecified atom stereocenters. The average Bonchev–Trinajstić information content (AvgIpc) is 2.89. The molecule has 3 rings (SSSR count). The smallest absolute Gasteiger partial charge is 0.321 e. The molecule has 0 aliphatic heterocycles. The van der Waals surface area contributed by atoms with E-state index in [1.807, 2.05) is 11.8 Å². The van der Waals surface area contributed by atoms with E-state index in [2.05, 4.69) is 15.6 Å². The van der Waals surface area contributed by atoms with E-state index >= 15 is 0 Å². The van der Waals surface area contributed by atoms with Crippen LogP contribution in [0.2, 0.25) is 0 Å². The van der Waals surface area contributed by atoms with Crippen molar-refractivity contribution < 1.29 is 19.1 Å². The Morgan fingerprint density at radius 2 is 2.15 bits per heavy atom. The lowest BCUT2D eigenvalue weighted by atomic mass is 9.85. The third-order valence-electron chi connectivity index (χ3n) is 4.60. The number of rotatable bonds is 6. The number of hydrogen-bond acceptors (Lipinski definition) is 5. The van der Waals surface area contributed by atoms with E-state index in [9.17, 15) is 14.0 Å². The number of hydrogen-bond donors (Lipinski definition) is 3. The van der Waals surface area contributed by atoms with Gasteiger partial charge in [0, 0.05) is 18.2 Å². The highest BCUT2D eigenvalue weighted by Gasteiger charge is 2.34. The first-order valence-electron chi connectivity index (χ1n) is 8.45. The molecule has 1 aromatic heterocycles. The van der Waals surface area contributed by atoms with Gasteiger partial charge in [-0.3, -0.25) is 15.0 Å². The molecule has 0 saturated heterocycles. The van der Waals surface area contributed by atoms with Gasteiger partial charge in [-0.1, -0.05) is 18.3 Å². The fraction of sp³-hybridized carbons (Fsp3) is 0.471. The van der Waals surface area contributed by atoms with Crippen molar-refractivity contribution in [2.75, 3.05) is 18.4 Å². The summed E-state index contributed by atoms with van der Waals surface area (Å²) < 4.78 is 14.4. The Bertz CT molecular complexity index is 796. The predicted octanol–water partition coefficient (Wildman–Crippen LogP) is 2.80. The number of urea groups is 1. The van der Waals surface area contributed by atoms with Crippen molar-refractivity contribution in [3.8, 4) is 0 Å². The van der Waals surface area contributed by atoms with Crippen LogP contribution in [0.15, 0.2) is 12.1 Å². The number of aryl methyl sites for hydroxylation is 1. The lowest BCUT2D eigenvalue weighted by Gasteiger charge is -2.42. The highest BCUT2D eigenvalue weighted by molar-refractivity contribution is 7.22. The van der Waals surface area contributed by atoms with E-state index in [1.165, 1.54) is 17.4 Å². The second-order valence-corrected chi connectivity index (χ2v) is 7.50. The number of carboxylic acids is 1. The molecule has 1 aliphatic rings. The van der Waals surface area contributed by atoms with Crippen molar-refractivity contribution in [1.82, 2.24) is 15.2 Å². The molecule has 140 valence electrons. The molecule has 2 aromatic rings. The first kappa shape index (κ1) is 18.5. The van der Waals surface area contributed by atoms with Crippen molar-refractivity contribution in [2.45, 2.75) is 38.8 Å². The maximum absolute atomic E-state index is 13.6. The van der Waals surface area contributed by atoms with Crippen LogP contribution < -0.4 is 10.6 Å². The molecule has 2 amide bonds. The Morgan fingerprint density at radius 1 is 1.42 bits per heavy atom. The Balaban J connectivity index is 1.52. The van der Waals surface area contributed by atoms with Crippen LogP contribution in [0.25, 0.3) is 10.2 Å². The molecule has 26 heavy (non-hydrogen) atoms. The summed E-state index contributed by atoms with van der Waals surface area (Å²) in [5.74, 6) is -1.16. The molecule has 9 heteroatoms. The fourth-order valence-electron chi connectivity index (χ4n) is 3.10. The van der Waals surface area contributed by atoms with Gasteiger partial charge in [0.1, 0.15) is 5.82 Å². The number of carbonyl (C=O) groups is 2. The Morgan fingerprint density at radius 3 is 2.81 bits per heavy atom. The molecule has 0 spiro atoms. The second-order valence-electron chi connectivity index (χ2n) is 6.47. The summed E-state index contributed by atoms with van der Waals surface area (Å²) in [6.07, 6.45) is 1.44. The number of aliphatic carboxylic acids is 1. The molecular formula is C17H21FN4O3S. The van der Waals surface area contributed by atoms with Gasteiger partial charge in [-0.05, 0) is 37.9 Å². The van der Waals surface area contributed by atoms with E-state index in [0.717, 1.165) is 17.5 Å². The van der Waals surface area contributed by atoms with Gasteiger partial charge in [0.05, 0.1) is 16.8 Å². The standard InChI is InChI=1S/C17H21FN4O3S/c1-3-22(8-15(23)24)11-5-10(6-11)19-16(25)21-17-20-13-7-12(18)9(2)4-14(13)26-17/h4,7,10-11H,3,5-6,8H2,1-2H3,(H,23,24)(H2,19,20,21,25). The van der Waals surface area contributed by atoms with Crippen LogP contribution in [0, 0.1) is 12.7 Å². The number of thiazole rings is 1. The number of amides is 2. The number of aromatic nitrogens is 1. The molecule has 1 heterocycles. The van der Waals surface area contributed by atoms with Crippen molar-refractivity contribution in [1.29, 1.82) is 0 Å². The van der Waals surface area contributed by atoms with E-state index in [0.29, 0.717) is 22.8 Å². The predicted molar refractivity (Wildman–Crippen MR) is 98.2 cm³/mol. The second kappa shape index (κ2) is 7.55. The first-order chi connectivity index (χ1) is 12.4. The zero-order chi connectivity index (χ0) is 18.8. The summed E-state index contributed by atoms with van der Waals surface area (Å²) in [6, 6.07) is 2.91. The van der Waals surface area contributed by atoms with Crippen molar-refractivity contribution in [3.05, 3.63) is 23.5 Å². The van der Waals surface area contributed by atoms with Gasteiger partial charge in [-0.2, -0.15) is 0 Å². The topological polar surface area (TPSA) is 94.6 Å². The summed E-state index contributed by atoms with van der Waals surface area (Å²) in [4.78, 5) is 29.1. The molecule has 1 aliphatic carbocycles. The lowest BCUT2D eigenvalue weighted by molar-refractivity contribution is -0.139. The number of benzene rings is 1. The molecule has 0 atom stereocenters. The number of anilines is 1. The maximum Gasteiger partial charge on any atom is 0.321 e. The van der Waals surface area contributed by atoms with Crippen LogP contribution in [0.3, 0.4) is 0 Å². The number of carbonyl (C=O) groups excluding carboxylic acids is 1. The first-order valence-corrected chi connectivity index (χ1v) is 9.27. The minimum Gasteiger partial charge on any atom is -0.480 e. The molecule has 0 bridgehead atoms. The lowest BCUT2D eigenvalue weighted by Crippen LogP contribution is -2.55. The highest BCUT2D eigenvalue weighted by Crippen LogP contribution is 2.29. The summed E-state index contributed by atoms with van der Waals surface area (Å²) in [6.45, 7) is 4.29. The third kappa shape index (κ3) is 4.10. The van der Waals surface area contributed by atoms with Gasteiger partial charge in [0.25, 0.3) is 0 Å². The highest BCUT2D eigenvalue weighted by atomic mass is 32.1. The van der Waals surface area contributed by atoms with Gasteiger partial charge < -0.3 is 10.4 Å². The summed E-state index contributed by atoms with van der Waals surface area (Å²) in [5.41, 5.74) is 1.06. The van der Waals surface area contributed by atoms with Crippen molar-refractivity contribution in [2.24, 2.45) is 0 Å². The van der Waals surface area contributed by atoms with Crippen molar-refractivity contribution >= 4 is 38.7 Å². The van der Waals surface area contributed by atoms with E-state index in [-0.39, 0.29) is 30.5 Å². The molecule has 1 aromatic carbocycles. The Kier molecular flexibility index (Phi) is 5.38. The normalized spacial score (nSPS) is 19.4. The van der Waals surface area contributed by atoms with Gasteiger partial charge >= 0.3 is 12.0 Å². The molecule has 1 fully saturated rings. The molecule has 3 N–H and O–H groups in total. The molecule has 7 nitrogen and oxygen atoms in total. The number of carboxylic acid groups (broad SMARTS) is 1. The van der Waals surface area contributed by atoms with Crippen LogP contribution in [-0.4, -0.2) is 52.2 Å². The summed E-state index contributed by atoms with van der Waals surface area (Å²) in [7, 11) is 0. The minimum atomic E-state index is -0.844. The fourth-order valence-corrected chi connectivity index (χ4v) is 4.04.